The lowest BCUT2D eigenvalue weighted by molar-refractivity contribution is 0.0675. The Morgan fingerprint density at radius 2 is 2.00 bits per heavy atom. The summed E-state index contributed by atoms with van der Waals surface area (Å²) in [5, 5.41) is 9.12. The van der Waals surface area contributed by atoms with E-state index < -0.39 is 5.97 Å². The lowest BCUT2D eigenvalue weighted by Gasteiger charge is -2.14. The number of aryl methyl sites for hydroxylation is 1. The molecule has 2 rings (SSSR count). The zero-order chi connectivity index (χ0) is 14.7. The average Bonchev–Trinajstić information content (AvgIpc) is 2.82. The topological polar surface area (TPSA) is 64.3 Å². The molecule has 5 heteroatoms. The molecule has 0 fully saturated rings. The van der Waals surface area contributed by atoms with Gasteiger partial charge in [-0.15, -0.1) is 0 Å². The number of carboxylic acids is 1. The zero-order valence-corrected chi connectivity index (χ0v) is 11.8. The molecule has 0 spiro atoms. The molecule has 0 saturated carbocycles. The van der Waals surface area contributed by atoms with Gasteiger partial charge in [-0.25, -0.2) is 9.78 Å². The number of imidazole rings is 1. The van der Waals surface area contributed by atoms with Crippen molar-refractivity contribution in [3.8, 4) is 5.75 Å². The first kappa shape index (κ1) is 14.1. The van der Waals surface area contributed by atoms with Crippen molar-refractivity contribution < 1.29 is 14.6 Å². The smallest absolute Gasteiger partial charge is 0.372 e. The molecule has 1 N–H and O–H groups in total. The molecule has 20 heavy (non-hydrogen) atoms. The van der Waals surface area contributed by atoms with Gasteiger partial charge in [0, 0.05) is 6.04 Å². The molecule has 0 unspecified atom stereocenters. The molecule has 106 valence electrons. The number of ether oxygens (including phenoxy) is 1. The van der Waals surface area contributed by atoms with Gasteiger partial charge >= 0.3 is 5.97 Å². The number of benzene rings is 1. The third-order valence-electron chi connectivity index (χ3n) is 2.99. The summed E-state index contributed by atoms with van der Waals surface area (Å²) >= 11 is 0. The molecule has 5 nitrogen and oxygen atoms in total. The molecular weight excluding hydrogens is 256 g/mol. The highest BCUT2D eigenvalue weighted by Crippen LogP contribution is 2.17. The molecule has 1 aromatic carbocycles. The van der Waals surface area contributed by atoms with Crippen molar-refractivity contribution in [3.05, 3.63) is 47.5 Å². The van der Waals surface area contributed by atoms with E-state index in [1.807, 2.05) is 45.0 Å². The molecule has 0 aliphatic rings. The standard InChI is InChI=1S/C15H18N2O3/c1-10(2)17-12(8-16-14(17)15(18)19)9-20-13-6-4-11(3)5-7-13/h4-8,10H,9H2,1-3H3,(H,18,19). The molecule has 1 aromatic heterocycles. The van der Waals surface area contributed by atoms with Gasteiger partial charge in [-0.3, -0.25) is 0 Å². The van der Waals surface area contributed by atoms with Crippen LogP contribution in [0.1, 0.15) is 41.8 Å². The molecule has 1 heterocycles. The van der Waals surface area contributed by atoms with E-state index in [1.54, 1.807) is 10.8 Å². The van der Waals surface area contributed by atoms with Crippen LogP contribution in [0.3, 0.4) is 0 Å². The Morgan fingerprint density at radius 1 is 1.35 bits per heavy atom. The summed E-state index contributed by atoms with van der Waals surface area (Å²) in [5.41, 5.74) is 1.91. The van der Waals surface area contributed by atoms with Crippen LogP contribution in [0.15, 0.2) is 30.5 Å². The minimum atomic E-state index is -1.03. The van der Waals surface area contributed by atoms with Crippen LogP contribution in [-0.2, 0) is 6.61 Å². The fraction of sp³-hybridized carbons (Fsp3) is 0.333. The van der Waals surface area contributed by atoms with Gasteiger partial charge in [-0.2, -0.15) is 0 Å². The number of hydrogen-bond donors (Lipinski definition) is 1. The van der Waals surface area contributed by atoms with E-state index in [9.17, 15) is 4.79 Å². The molecule has 0 saturated heterocycles. The van der Waals surface area contributed by atoms with Crippen LogP contribution >= 0.6 is 0 Å². The quantitative estimate of drug-likeness (QED) is 0.910. The highest BCUT2D eigenvalue weighted by Gasteiger charge is 2.18. The minimum absolute atomic E-state index is 0.0141. The first-order valence-electron chi connectivity index (χ1n) is 6.48. The normalized spacial score (nSPS) is 10.8. The maximum Gasteiger partial charge on any atom is 0.372 e. The van der Waals surface area contributed by atoms with E-state index in [2.05, 4.69) is 4.98 Å². The van der Waals surface area contributed by atoms with Crippen molar-refractivity contribution in [3.63, 3.8) is 0 Å². The van der Waals surface area contributed by atoms with Gasteiger partial charge in [0.15, 0.2) is 0 Å². The van der Waals surface area contributed by atoms with Crippen molar-refractivity contribution in [2.75, 3.05) is 0 Å². The second-order valence-corrected chi connectivity index (χ2v) is 4.94. The van der Waals surface area contributed by atoms with Crippen molar-refractivity contribution in [1.29, 1.82) is 0 Å². The summed E-state index contributed by atoms with van der Waals surface area (Å²) in [4.78, 5) is 15.1. The summed E-state index contributed by atoms with van der Waals surface area (Å²) in [7, 11) is 0. The summed E-state index contributed by atoms with van der Waals surface area (Å²) in [6.07, 6.45) is 1.55. The Morgan fingerprint density at radius 3 is 2.55 bits per heavy atom. The van der Waals surface area contributed by atoms with Gasteiger partial charge in [-0.1, -0.05) is 17.7 Å². The monoisotopic (exact) mass is 274 g/mol. The van der Waals surface area contributed by atoms with Crippen LogP contribution < -0.4 is 4.74 Å². The summed E-state index contributed by atoms with van der Waals surface area (Å²) < 4.78 is 7.35. The number of aromatic nitrogens is 2. The number of carboxylic acid groups (broad SMARTS) is 1. The third-order valence-corrected chi connectivity index (χ3v) is 2.99. The SMILES string of the molecule is Cc1ccc(OCc2cnc(C(=O)O)n2C(C)C)cc1. The van der Waals surface area contributed by atoms with E-state index in [-0.39, 0.29) is 11.9 Å². The first-order chi connectivity index (χ1) is 9.49. The Balaban J connectivity index is 2.17. The predicted molar refractivity (Wildman–Crippen MR) is 75.1 cm³/mol. The van der Waals surface area contributed by atoms with Gasteiger partial charge in [0.25, 0.3) is 0 Å². The van der Waals surface area contributed by atoms with Gasteiger partial charge in [-0.05, 0) is 32.9 Å². The molecule has 0 aliphatic heterocycles. The summed E-state index contributed by atoms with van der Waals surface area (Å²) in [6.45, 7) is 6.14. The third kappa shape index (κ3) is 2.99. The molecular formula is C15H18N2O3. The molecule has 0 amide bonds. The second kappa shape index (κ2) is 5.77. The van der Waals surface area contributed by atoms with Crippen molar-refractivity contribution >= 4 is 5.97 Å². The Hall–Kier alpha value is -2.30. The maximum absolute atomic E-state index is 11.1. The maximum atomic E-state index is 11.1. The lowest BCUT2D eigenvalue weighted by Crippen LogP contribution is -2.15. The van der Waals surface area contributed by atoms with Crippen molar-refractivity contribution in [2.24, 2.45) is 0 Å². The second-order valence-electron chi connectivity index (χ2n) is 4.94. The van der Waals surface area contributed by atoms with E-state index >= 15 is 0 Å². The fourth-order valence-electron chi connectivity index (χ4n) is 2.03. The molecule has 0 bridgehead atoms. The van der Waals surface area contributed by atoms with E-state index in [0.29, 0.717) is 6.61 Å². The molecule has 0 radical (unpaired) electrons. The van der Waals surface area contributed by atoms with Crippen LogP contribution in [0.5, 0.6) is 5.75 Å². The van der Waals surface area contributed by atoms with Crippen LogP contribution in [0, 0.1) is 6.92 Å². The number of aromatic carboxylic acids is 1. The average molecular weight is 274 g/mol. The zero-order valence-electron chi connectivity index (χ0n) is 11.8. The highest BCUT2D eigenvalue weighted by atomic mass is 16.5. The predicted octanol–water partition coefficient (Wildman–Crippen LogP) is 3.05. The van der Waals surface area contributed by atoms with Gasteiger partial charge in [0.05, 0.1) is 11.9 Å². The van der Waals surface area contributed by atoms with Crippen molar-refractivity contribution in [2.45, 2.75) is 33.4 Å². The Kier molecular flexibility index (Phi) is 4.08. The van der Waals surface area contributed by atoms with Crippen LogP contribution in [0.4, 0.5) is 0 Å². The molecule has 2 aromatic rings. The van der Waals surface area contributed by atoms with Crippen LogP contribution in [0.25, 0.3) is 0 Å². The van der Waals surface area contributed by atoms with Gasteiger partial charge in [0.2, 0.25) is 5.82 Å². The number of carbonyl (C=O) groups is 1. The fourth-order valence-corrected chi connectivity index (χ4v) is 2.03. The first-order valence-corrected chi connectivity index (χ1v) is 6.48. The van der Waals surface area contributed by atoms with Crippen molar-refractivity contribution in [1.82, 2.24) is 9.55 Å². The van der Waals surface area contributed by atoms with Crippen LogP contribution in [0.2, 0.25) is 0 Å². The largest absolute Gasteiger partial charge is 0.487 e. The van der Waals surface area contributed by atoms with E-state index in [4.69, 9.17) is 9.84 Å². The lowest BCUT2D eigenvalue weighted by atomic mass is 10.2. The molecule has 0 atom stereocenters. The minimum Gasteiger partial charge on any atom is -0.487 e. The Bertz CT molecular complexity index is 600. The van der Waals surface area contributed by atoms with E-state index in [0.717, 1.165) is 17.0 Å². The summed E-state index contributed by atoms with van der Waals surface area (Å²) in [6, 6.07) is 7.74. The van der Waals surface area contributed by atoms with Crippen LogP contribution in [-0.4, -0.2) is 20.6 Å². The van der Waals surface area contributed by atoms with Gasteiger partial charge < -0.3 is 14.4 Å². The summed E-state index contributed by atoms with van der Waals surface area (Å²) in [5.74, 6) is -0.230. The highest BCUT2D eigenvalue weighted by molar-refractivity contribution is 5.83. The molecule has 0 aliphatic carbocycles. The van der Waals surface area contributed by atoms with E-state index in [1.165, 1.54) is 0 Å². The Labute approximate surface area is 117 Å². The van der Waals surface area contributed by atoms with Gasteiger partial charge in [0.1, 0.15) is 12.4 Å². The number of nitrogens with zero attached hydrogens (tertiary/aromatic N) is 2. The number of rotatable bonds is 5. The number of hydrogen-bond acceptors (Lipinski definition) is 3.